The Balaban J connectivity index is 1.10. The summed E-state index contributed by atoms with van der Waals surface area (Å²) < 4.78 is 25.2. The summed E-state index contributed by atoms with van der Waals surface area (Å²) >= 11 is 0. The van der Waals surface area contributed by atoms with Gasteiger partial charge in [0.15, 0.2) is 0 Å². The van der Waals surface area contributed by atoms with Gasteiger partial charge in [-0.1, -0.05) is 42.5 Å². The number of rotatable bonds is 11. The molecule has 1 saturated heterocycles. The maximum Gasteiger partial charge on any atom is 0.315 e. The van der Waals surface area contributed by atoms with Crippen LogP contribution >= 0.6 is 0 Å². The number of likely N-dealkylation sites (tertiary alicyclic amines) is 1. The molecule has 3 aromatic rings. The molecule has 2 aliphatic rings. The highest BCUT2D eigenvalue weighted by Crippen LogP contribution is 2.30. The van der Waals surface area contributed by atoms with E-state index >= 15 is 0 Å². The molecule has 2 heterocycles. The molecule has 6 heteroatoms. The molecule has 5 nitrogen and oxygen atoms in total. The summed E-state index contributed by atoms with van der Waals surface area (Å²) in [5.74, 6) is 1.25. The summed E-state index contributed by atoms with van der Waals surface area (Å²) in [6.45, 7) is 14.1. The van der Waals surface area contributed by atoms with Gasteiger partial charge in [0, 0.05) is 19.6 Å². The van der Waals surface area contributed by atoms with Crippen molar-refractivity contribution in [3.8, 4) is 5.75 Å². The fraction of sp³-hybridized carbons (Fsp3) is 0.500. The average molecular weight is 601 g/mol. The van der Waals surface area contributed by atoms with Crippen LogP contribution in [0.2, 0.25) is 0 Å². The van der Waals surface area contributed by atoms with Crippen molar-refractivity contribution in [1.82, 2.24) is 9.80 Å². The van der Waals surface area contributed by atoms with E-state index < -0.39 is 5.41 Å². The van der Waals surface area contributed by atoms with Crippen molar-refractivity contribution in [3.05, 3.63) is 100 Å². The maximum atomic E-state index is 13.4. The van der Waals surface area contributed by atoms with Crippen LogP contribution in [0.15, 0.2) is 66.7 Å². The summed E-state index contributed by atoms with van der Waals surface area (Å²) in [7, 11) is 0. The van der Waals surface area contributed by atoms with E-state index in [1.807, 2.05) is 39.0 Å². The topological polar surface area (TPSA) is 42.0 Å². The molecule has 3 aromatic carbocycles. The van der Waals surface area contributed by atoms with Gasteiger partial charge >= 0.3 is 5.97 Å². The average Bonchev–Trinajstić information content (AvgIpc) is 3.21. The van der Waals surface area contributed by atoms with E-state index in [4.69, 9.17) is 9.47 Å². The van der Waals surface area contributed by atoms with Crippen LogP contribution in [0.3, 0.4) is 0 Å². The summed E-state index contributed by atoms with van der Waals surface area (Å²) in [4.78, 5) is 17.5. The Kier molecular flexibility index (Phi) is 10.8. The molecule has 0 radical (unpaired) electrons. The van der Waals surface area contributed by atoms with Gasteiger partial charge in [-0.25, -0.2) is 4.39 Å². The quantitative estimate of drug-likeness (QED) is 0.211. The van der Waals surface area contributed by atoms with Crippen molar-refractivity contribution in [2.45, 2.75) is 91.0 Å². The smallest absolute Gasteiger partial charge is 0.315 e. The number of hydrogen-bond donors (Lipinski definition) is 0. The van der Waals surface area contributed by atoms with Crippen LogP contribution in [0, 0.1) is 11.7 Å². The van der Waals surface area contributed by atoms with E-state index in [2.05, 4.69) is 53.1 Å². The molecule has 0 saturated carbocycles. The molecule has 0 amide bonds. The molecule has 1 unspecified atom stereocenters. The first-order chi connectivity index (χ1) is 21.2. The number of esters is 1. The zero-order valence-corrected chi connectivity index (χ0v) is 27.0. The normalized spacial score (nSPS) is 17.5. The van der Waals surface area contributed by atoms with Crippen LogP contribution in [0.5, 0.6) is 5.75 Å². The minimum absolute atomic E-state index is 0.160. The van der Waals surface area contributed by atoms with Crippen LogP contribution in [0.1, 0.15) is 81.2 Å². The molecule has 0 aromatic heterocycles. The van der Waals surface area contributed by atoms with Crippen LogP contribution in [0.4, 0.5) is 4.39 Å². The van der Waals surface area contributed by atoms with E-state index in [0.717, 1.165) is 75.4 Å². The lowest BCUT2D eigenvalue weighted by molar-refractivity contribution is -0.148. The Morgan fingerprint density at radius 1 is 0.932 bits per heavy atom. The molecule has 236 valence electrons. The molecule has 0 bridgehead atoms. The van der Waals surface area contributed by atoms with Gasteiger partial charge in [0.25, 0.3) is 0 Å². The fourth-order valence-corrected chi connectivity index (χ4v) is 6.74. The number of aryl methyl sites for hydroxylation is 1. The Morgan fingerprint density at radius 3 is 2.43 bits per heavy atom. The lowest BCUT2D eigenvalue weighted by atomic mass is 9.84. The number of piperidine rings is 1. The summed E-state index contributed by atoms with van der Waals surface area (Å²) in [5.41, 5.74) is 5.50. The molecule has 5 rings (SSSR count). The number of benzene rings is 3. The van der Waals surface area contributed by atoms with E-state index in [1.165, 1.54) is 29.5 Å². The highest BCUT2D eigenvalue weighted by atomic mass is 19.1. The predicted octanol–water partition coefficient (Wildman–Crippen LogP) is 7.68. The molecule has 1 fully saturated rings. The molecule has 44 heavy (non-hydrogen) atoms. The van der Waals surface area contributed by atoms with Gasteiger partial charge in [-0.2, -0.15) is 0 Å². The lowest BCUT2D eigenvalue weighted by Crippen LogP contribution is -2.35. The number of carbonyl (C=O) groups is 1. The minimum atomic E-state index is -0.657. The molecule has 1 atom stereocenters. The van der Waals surface area contributed by atoms with Crippen molar-refractivity contribution < 1.29 is 18.7 Å². The zero-order chi connectivity index (χ0) is 31.1. The van der Waals surface area contributed by atoms with Gasteiger partial charge in [-0.15, -0.1) is 0 Å². The second-order valence-electron chi connectivity index (χ2n) is 13.3. The second-order valence-corrected chi connectivity index (χ2v) is 13.3. The Hall–Kier alpha value is -3.22. The highest BCUT2D eigenvalue weighted by Gasteiger charge is 2.31. The molecule has 0 aliphatic carbocycles. The Labute approximate surface area is 263 Å². The number of halogens is 1. The van der Waals surface area contributed by atoms with Gasteiger partial charge in [-0.05, 0) is 137 Å². The first-order valence-electron chi connectivity index (χ1n) is 16.4. The third kappa shape index (κ3) is 8.48. The van der Waals surface area contributed by atoms with Crippen molar-refractivity contribution in [2.24, 2.45) is 5.92 Å². The van der Waals surface area contributed by atoms with Gasteiger partial charge in [0.05, 0.1) is 18.1 Å². The van der Waals surface area contributed by atoms with Gasteiger partial charge in [0.1, 0.15) is 11.6 Å². The van der Waals surface area contributed by atoms with Gasteiger partial charge in [0.2, 0.25) is 0 Å². The van der Waals surface area contributed by atoms with Crippen molar-refractivity contribution in [1.29, 1.82) is 0 Å². The number of carbonyl (C=O) groups excluding carboxylic acids is 1. The predicted molar refractivity (Wildman–Crippen MR) is 174 cm³/mol. The number of hydrogen-bond acceptors (Lipinski definition) is 5. The lowest BCUT2D eigenvalue weighted by Gasteiger charge is -2.33. The third-order valence-corrected chi connectivity index (χ3v) is 9.36. The van der Waals surface area contributed by atoms with Gasteiger partial charge < -0.3 is 9.47 Å². The SMILES string of the molecule is CCOC(=O)C(C)(C)c1cccc(CN2CCC(CC(C)Oc3ccc4c(c3)CN(Cc3ccc(F)cc3)CCC4)CC2)c1. The summed E-state index contributed by atoms with van der Waals surface area (Å²) in [6, 6.07) is 21.9. The van der Waals surface area contributed by atoms with E-state index in [0.29, 0.717) is 12.5 Å². The molecule has 2 aliphatic heterocycles. The first kappa shape index (κ1) is 32.2. The molecule has 0 spiro atoms. The molecule has 0 N–H and O–H groups in total. The monoisotopic (exact) mass is 600 g/mol. The van der Waals surface area contributed by atoms with Crippen LogP contribution in [0.25, 0.3) is 0 Å². The van der Waals surface area contributed by atoms with Crippen LogP contribution in [-0.4, -0.2) is 48.1 Å². The second kappa shape index (κ2) is 14.7. The summed E-state index contributed by atoms with van der Waals surface area (Å²) in [6.07, 6.45) is 5.77. The van der Waals surface area contributed by atoms with Crippen LogP contribution in [-0.2, 0) is 41.0 Å². The number of fused-ring (bicyclic) bond motifs is 1. The number of nitrogens with zero attached hydrogens (tertiary/aromatic N) is 2. The Bertz CT molecular complexity index is 1380. The van der Waals surface area contributed by atoms with E-state index in [-0.39, 0.29) is 17.9 Å². The molecular weight excluding hydrogens is 551 g/mol. The first-order valence-corrected chi connectivity index (χ1v) is 16.4. The fourth-order valence-electron chi connectivity index (χ4n) is 6.74. The third-order valence-electron chi connectivity index (χ3n) is 9.36. The largest absolute Gasteiger partial charge is 0.491 e. The van der Waals surface area contributed by atoms with Crippen molar-refractivity contribution in [2.75, 3.05) is 26.2 Å². The van der Waals surface area contributed by atoms with Crippen molar-refractivity contribution >= 4 is 5.97 Å². The molecular formula is C38H49FN2O3. The van der Waals surface area contributed by atoms with E-state index in [1.54, 1.807) is 12.1 Å². The number of ether oxygens (including phenoxy) is 2. The minimum Gasteiger partial charge on any atom is -0.491 e. The summed E-state index contributed by atoms with van der Waals surface area (Å²) in [5, 5.41) is 0. The van der Waals surface area contributed by atoms with Crippen LogP contribution < -0.4 is 4.74 Å². The zero-order valence-electron chi connectivity index (χ0n) is 27.0. The standard InChI is InChI=1S/C38H49FN2O3/c1-5-43-37(42)38(3,4)34-10-6-8-31(23-34)26-40-20-17-29(18-21-40)22-28(2)44-36-16-13-32-9-7-19-41(27-33(32)24-36)25-30-11-14-35(39)15-12-30/h6,8,10-16,23-24,28-29H,5,7,9,17-22,25-27H2,1-4H3. The highest BCUT2D eigenvalue weighted by molar-refractivity contribution is 5.82. The van der Waals surface area contributed by atoms with Crippen molar-refractivity contribution in [3.63, 3.8) is 0 Å². The maximum absolute atomic E-state index is 13.4. The Morgan fingerprint density at radius 2 is 1.68 bits per heavy atom. The van der Waals surface area contributed by atoms with E-state index in [9.17, 15) is 9.18 Å². The van der Waals surface area contributed by atoms with Gasteiger partial charge in [-0.3, -0.25) is 14.6 Å².